The van der Waals surface area contributed by atoms with Crippen LogP contribution in [0.3, 0.4) is 0 Å². The summed E-state index contributed by atoms with van der Waals surface area (Å²) in [6.45, 7) is 15.5. The van der Waals surface area contributed by atoms with Gasteiger partial charge in [0.15, 0.2) is 0 Å². The molecule has 12 nitrogen and oxygen atoms in total. The number of ether oxygens (including phenoxy) is 2. The Kier molecular flexibility index (Phi) is 11.3. The van der Waals surface area contributed by atoms with Crippen molar-refractivity contribution in [2.24, 2.45) is 4.99 Å². The highest BCUT2D eigenvalue weighted by atomic mass is 32.1. The number of aliphatic imine (C=N–C) groups is 1. The quantitative estimate of drug-likeness (QED) is 0.114. The Balaban J connectivity index is 1.47. The molecule has 0 bridgehead atoms. The first-order valence-electron chi connectivity index (χ1n) is 17.9. The summed E-state index contributed by atoms with van der Waals surface area (Å²) in [7, 11) is 5.87. The van der Waals surface area contributed by atoms with Crippen LogP contribution in [-0.2, 0) is 16.6 Å². The van der Waals surface area contributed by atoms with Crippen LogP contribution in [0, 0.1) is 23.2 Å². The number of hydrogen-bond acceptors (Lipinski definition) is 11. The summed E-state index contributed by atoms with van der Waals surface area (Å²) in [5, 5.41) is 10.8. The summed E-state index contributed by atoms with van der Waals surface area (Å²) < 4.78 is 12.1. The Bertz CT molecular complexity index is 1750. The van der Waals surface area contributed by atoms with Gasteiger partial charge in [0.25, 0.3) is 5.78 Å². The number of ketones is 1. The van der Waals surface area contributed by atoms with Crippen LogP contribution in [0.4, 0.5) is 15.6 Å². The van der Waals surface area contributed by atoms with E-state index in [2.05, 4.69) is 44.7 Å². The molecule has 2 fully saturated rings. The van der Waals surface area contributed by atoms with Crippen molar-refractivity contribution < 1.29 is 19.1 Å². The number of aryl methyl sites for hydroxylation is 1. The number of nitriles is 1. The smallest absolute Gasteiger partial charge is 0.410 e. The number of nitrogens with zero attached hydrogens (tertiary/aromatic N) is 8. The molecule has 4 heterocycles. The van der Waals surface area contributed by atoms with Crippen LogP contribution in [0.2, 0.25) is 0 Å². The van der Waals surface area contributed by atoms with Crippen LogP contribution in [0.5, 0.6) is 5.88 Å². The van der Waals surface area contributed by atoms with Gasteiger partial charge < -0.3 is 19.3 Å². The van der Waals surface area contributed by atoms with Crippen molar-refractivity contribution in [1.29, 1.82) is 5.26 Å². The Morgan fingerprint density at radius 2 is 1.90 bits per heavy atom. The van der Waals surface area contributed by atoms with Crippen molar-refractivity contribution in [3.63, 3.8) is 0 Å². The second kappa shape index (κ2) is 15.2. The maximum atomic E-state index is 13.9. The van der Waals surface area contributed by atoms with Crippen molar-refractivity contribution in [1.82, 2.24) is 24.7 Å². The van der Waals surface area contributed by atoms with Gasteiger partial charge in [0.1, 0.15) is 28.6 Å². The molecule has 0 saturated carbocycles. The number of anilines is 1. The highest BCUT2D eigenvalue weighted by Gasteiger charge is 2.38. The van der Waals surface area contributed by atoms with Crippen LogP contribution in [0.1, 0.15) is 101 Å². The van der Waals surface area contributed by atoms with Crippen LogP contribution in [-0.4, -0.2) is 113 Å². The predicted molar refractivity (Wildman–Crippen MR) is 200 cm³/mol. The number of carbonyl (C=O) groups excluding carboxylic acids is 2. The van der Waals surface area contributed by atoms with E-state index < -0.39 is 16.8 Å². The summed E-state index contributed by atoms with van der Waals surface area (Å²) in [6.07, 6.45) is 5.74. The maximum Gasteiger partial charge on any atom is 0.410 e. The second-order valence-corrected chi connectivity index (χ2v) is 16.6. The molecule has 0 spiro atoms. The second-order valence-electron chi connectivity index (χ2n) is 15.6. The number of carbonyl (C=O) groups is 2. The number of thiophene rings is 1. The standard InChI is InChI=1S/C38H52N8O4S/c1-24-21-45(22-25(2)46(24)36(48)50-37(4,5)6)31-19-32(49-26(3)28-13-12-18-44(28)10)42-34(41-31)29(47)15-17-38(7)16-11-14-30-33(38)27(20-39)35(51-30)40-23-43(8)9/h19,23-26,28H,11-14,16,18,21-22H2,1-10H3/t24-,25-,26-,28-,38+/m0/s1. The van der Waals surface area contributed by atoms with E-state index in [0.717, 1.165) is 42.7 Å². The van der Waals surface area contributed by atoms with Crippen molar-refractivity contribution in [3.05, 3.63) is 27.9 Å². The first kappa shape index (κ1) is 38.0. The van der Waals surface area contributed by atoms with E-state index in [1.165, 1.54) is 11.3 Å². The molecule has 3 aliphatic rings. The number of rotatable bonds is 7. The number of aromatic nitrogens is 2. The summed E-state index contributed by atoms with van der Waals surface area (Å²) >= 11 is 1.52. The average Bonchev–Trinajstić information content (AvgIpc) is 3.65. The Morgan fingerprint density at radius 3 is 2.51 bits per heavy atom. The van der Waals surface area contributed by atoms with Crippen LogP contribution < -0.4 is 9.64 Å². The van der Waals surface area contributed by atoms with Crippen molar-refractivity contribution in [2.45, 2.75) is 116 Å². The molecule has 51 heavy (non-hydrogen) atoms. The zero-order chi connectivity index (χ0) is 37.2. The third-order valence-corrected chi connectivity index (χ3v) is 10.9. The lowest BCUT2D eigenvalue weighted by Gasteiger charge is -2.44. The molecule has 13 heteroatoms. The number of Topliss-reactive ketones (excluding diaryl/α,β-unsaturated/α-hetero) is 1. The molecular weight excluding hydrogens is 665 g/mol. The van der Waals surface area contributed by atoms with E-state index in [9.17, 15) is 14.9 Å². The van der Waals surface area contributed by atoms with Crippen molar-refractivity contribution >= 4 is 40.4 Å². The van der Waals surface area contributed by atoms with Gasteiger partial charge in [-0.1, -0.05) is 5.92 Å². The molecule has 1 aliphatic carbocycles. The number of piperazine rings is 1. The lowest BCUT2D eigenvalue weighted by atomic mass is 9.73. The maximum absolute atomic E-state index is 13.9. The fourth-order valence-electron chi connectivity index (χ4n) is 7.41. The number of likely N-dealkylation sites (tertiary alicyclic amines) is 1. The summed E-state index contributed by atoms with van der Waals surface area (Å²) in [5.74, 6) is 6.43. The highest BCUT2D eigenvalue weighted by molar-refractivity contribution is 7.16. The first-order chi connectivity index (χ1) is 24.0. The van der Waals surface area contributed by atoms with Gasteiger partial charge in [0, 0.05) is 49.7 Å². The number of hydrogen-bond donors (Lipinski definition) is 0. The van der Waals surface area contributed by atoms with Gasteiger partial charge in [-0.05, 0) is 100 Å². The van der Waals surface area contributed by atoms with Crippen LogP contribution >= 0.6 is 11.3 Å². The number of fused-ring (bicyclic) bond motifs is 1. The van der Waals surface area contributed by atoms with E-state index in [1.807, 2.05) is 67.5 Å². The molecule has 0 radical (unpaired) electrons. The van der Waals surface area contributed by atoms with E-state index in [0.29, 0.717) is 41.8 Å². The summed E-state index contributed by atoms with van der Waals surface area (Å²) in [4.78, 5) is 50.0. The van der Waals surface area contributed by atoms with Gasteiger partial charge in [0.2, 0.25) is 11.7 Å². The van der Waals surface area contributed by atoms with Crippen LogP contribution in [0.25, 0.3) is 0 Å². The van der Waals surface area contributed by atoms with Gasteiger partial charge in [0.05, 0.1) is 29.4 Å². The molecule has 0 aromatic carbocycles. The van der Waals surface area contributed by atoms with Gasteiger partial charge in [-0.25, -0.2) is 14.8 Å². The first-order valence-corrected chi connectivity index (χ1v) is 18.7. The minimum Gasteiger partial charge on any atom is -0.473 e. The summed E-state index contributed by atoms with van der Waals surface area (Å²) in [6, 6.07) is 4.02. The molecule has 0 unspecified atom stereocenters. The Labute approximate surface area is 306 Å². The lowest BCUT2D eigenvalue weighted by molar-refractivity contribution is 0.00557. The zero-order valence-corrected chi connectivity index (χ0v) is 32.6. The van der Waals surface area contributed by atoms with Crippen LogP contribution in [0.15, 0.2) is 11.1 Å². The van der Waals surface area contributed by atoms with E-state index in [1.54, 1.807) is 17.3 Å². The molecule has 5 rings (SSSR count). The zero-order valence-electron chi connectivity index (χ0n) is 31.7. The van der Waals surface area contributed by atoms with Gasteiger partial charge in [-0.3, -0.25) is 14.6 Å². The van der Waals surface area contributed by atoms with Crippen molar-refractivity contribution in [3.8, 4) is 23.8 Å². The molecule has 2 aromatic rings. The van der Waals surface area contributed by atoms with Gasteiger partial charge >= 0.3 is 6.09 Å². The normalized spacial score (nSPS) is 24.4. The molecular formula is C38H52N8O4S. The predicted octanol–water partition coefficient (Wildman–Crippen LogP) is 5.81. The highest BCUT2D eigenvalue weighted by Crippen LogP contribution is 2.47. The third kappa shape index (κ3) is 8.65. The van der Waals surface area contributed by atoms with E-state index >= 15 is 0 Å². The molecule has 2 aliphatic heterocycles. The third-order valence-electron chi connectivity index (χ3n) is 9.73. The Hall–Kier alpha value is -4.20. The molecule has 2 saturated heterocycles. The lowest BCUT2D eigenvalue weighted by Crippen LogP contribution is -2.59. The molecule has 274 valence electrons. The minimum atomic E-state index is -0.710. The van der Waals surface area contributed by atoms with E-state index in [-0.39, 0.29) is 36.1 Å². The molecule has 2 aromatic heterocycles. The monoisotopic (exact) mass is 716 g/mol. The van der Waals surface area contributed by atoms with E-state index in [4.69, 9.17) is 14.5 Å². The van der Waals surface area contributed by atoms with Gasteiger partial charge in [-0.2, -0.15) is 10.2 Å². The molecule has 1 amide bonds. The van der Waals surface area contributed by atoms with Gasteiger partial charge in [-0.15, -0.1) is 11.3 Å². The molecule has 5 atom stereocenters. The Morgan fingerprint density at radius 1 is 1.20 bits per heavy atom. The van der Waals surface area contributed by atoms with Crippen molar-refractivity contribution in [2.75, 3.05) is 45.7 Å². The average molecular weight is 717 g/mol. The fraction of sp³-hybridized carbons (Fsp3) is 0.632. The minimum absolute atomic E-state index is 0.0430. The SMILES string of the molecule is C[C@H](Oc1cc(N2C[C@H](C)N(C(=O)OC(C)(C)C)[C@@H](C)C2)nc(C(=O)C#C[C@@]2(C)CCCc3sc(N=CN(C)C)c(C#N)c32)n1)[C@@H]1CCCN1C. The topological polar surface area (TPSA) is 127 Å². The number of likely N-dealkylation sites (N-methyl/N-ethyl adjacent to an activating group) is 1. The molecule has 0 N–H and O–H groups in total. The summed E-state index contributed by atoms with van der Waals surface area (Å²) in [5.41, 5.74) is 0.0699. The number of amides is 1. The largest absolute Gasteiger partial charge is 0.473 e. The fourth-order valence-corrected chi connectivity index (χ4v) is 8.67.